The highest BCUT2D eigenvalue weighted by Gasteiger charge is 2.27. The minimum Gasteiger partial charge on any atom is -0.497 e. The van der Waals surface area contributed by atoms with Crippen molar-refractivity contribution >= 4 is 16.6 Å². The van der Waals surface area contributed by atoms with Gasteiger partial charge in [-0.3, -0.25) is 0 Å². The maximum Gasteiger partial charge on any atom is 0.136 e. The van der Waals surface area contributed by atoms with Gasteiger partial charge in [-0.1, -0.05) is 6.07 Å². The molecule has 0 radical (unpaired) electrons. The molecule has 1 aliphatic rings. The molecule has 1 aliphatic carbocycles. The molecule has 0 aliphatic heterocycles. The Bertz CT molecular complexity index is 608. The van der Waals surface area contributed by atoms with Crippen LogP contribution >= 0.6 is 0 Å². The molecule has 0 atom stereocenters. The van der Waals surface area contributed by atoms with Crippen LogP contribution in [0.1, 0.15) is 12.8 Å². The zero-order valence-corrected chi connectivity index (χ0v) is 12.0. The fraction of sp³-hybridized carbons (Fsp3) is 0.438. The summed E-state index contributed by atoms with van der Waals surface area (Å²) in [5, 5.41) is 2.32. The fourth-order valence-electron chi connectivity index (χ4n) is 2.97. The van der Waals surface area contributed by atoms with Gasteiger partial charge in [-0.05, 0) is 42.3 Å². The number of ether oxygens (including phenoxy) is 1. The van der Waals surface area contributed by atoms with Gasteiger partial charge in [0, 0.05) is 31.2 Å². The molecule has 20 heavy (non-hydrogen) atoms. The predicted octanol–water partition coefficient (Wildman–Crippen LogP) is 2.42. The minimum atomic E-state index is 0.397. The number of fused-ring (bicyclic) bond motifs is 1. The van der Waals surface area contributed by atoms with Gasteiger partial charge in [-0.15, -0.1) is 0 Å². The van der Waals surface area contributed by atoms with Crippen LogP contribution < -0.4 is 15.4 Å². The molecule has 0 amide bonds. The van der Waals surface area contributed by atoms with Gasteiger partial charge in [0.1, 0.15) is 11.6 Å². The molecule has 0 bridgehead atoms. The van der Waals surface area contributed by atoms with Crippen LogP contribution in [0.4, 0.5) is 5.82 Å². The van der Waals surface area contributed by atoms with Crippen molar-refractivity contribution in [1.82, 2.24) is 4.98 Å². The Kier molecular flexibility index (Phi) is 3.49. The second-order valence-electron chi connectivity index (χ2n) is 5.70. The topological polar surface area (TPSA) is 51.4 Å². The number of anilines is 1. The molecular weight excluding hydrogens is 250 g/mol. The molecule has 106 valence electrons. The summed E-state index contributed by atoms with van der Waals surface area (Å²) in [7, 11) is 3.79. The first-order valence-electron chi connectivity index (χ1n) is 7.07. The smallest absolute Gasteiger partial charge is 0.136 e. The third kappa shape index (κ3) is 2.43. The summed E-state index contributed by atoms with van der Waals surface area (Å²) < 4.78 is 5.32. The molecule has 0 saturated heterocycles. The van der Waals surface area contributed by atoms with Crippen molar-refractivity contribution in [1.29, 1.82) is 0 Å². The van der Waals surface area contributed by atoms with Gasteiger partial charge < -0.3 is 15.4 Å². The molecule has 2 N–H and O–H groups in total. The quantitative estimate of drug-likeness (QED) is 0.928. The number of aromatic nitrogens is 1. The zero-order valence-electron chi connectivity index (χ0n) is 12.0. The Morgan fingerprint density at radius 3 is 2.85 bits per heavy atom. The van der Waals surface area contributed by atoms with E-state index in [2.05, 4.69) is 29.1 Å². The SMILES string of the molecule is COc1ccc2ccnc(N(C)CC3CC(N)C3)c2c1. The summed E-state index contributed by atoms with van der Waals surface area (Å²) in [5.41, 5.74) is 5.86. The second kappa shape index (κ2) is 5.29. The Labute approximate surface area is 119 Å². The Morgan fingerprint density at radius 1 is 1.35 bits per heavy atom. The third-order valence-corrected chi connectivity index (χ3v) is 4.12. The molecule has 4 nitrogen and oxygen atoms in total. The predicted molar refractivity (Wildman–Crippen MR) is 82.3 cm³/mol. The molecule has 1 aromatic carbocycles. The highest BCUT2D eigenvalue weighted by Crippen LogP contribution is 2.31. The number of methoxy groups -OCH3 is 1. The van der Waals surface area contributed by atoms with Crippen molar-refractivity contribution in [3.63, 3.8) is 0 Å². The Morgan fingerprint density at radius 2 is 2.15 bits per heavy atom. The summed E-state index contributed by atoms with van der Waals surface area (Å²) in [4.78, 5) is 6.79. The molecule has 1 heterocycles. The van der Waals surface area contributed by atoms with Crippen LogP contribution in [0.3, 0.4) is 0 Å². The van der Waals surface area contributed by atoms with E-state index >= 15 is 0 Å². The monoisotopic (exact) mass is 271 g/mol. The Balaban J connectivity index is 1.89. The maximum absolute atomic E-state index is 5.86. The minimum absolute atomic E-state index is 0.397. The standard InChI is InChI=1S/C16H21N3O/c1-19(10-11-7-13(17)8-11)16-15-9-14(20-2)4-3-12(15)5-6-18-16/h3-6,9,11,13H,7-8,10,17H2,1-2H3. The van der Waals surface area contributed by atoms with E-state index in [9.17, 15) is 0 Å². The lowest BCUT2D eigenvalue weighted by Gasteiger charge is -2.35. The number of rotatable bonds is 4. The van der Waals surface area contributed by atoms with Crippen LogP contribution in [-0.2, 0) is 0 Å². The van der Waals surface area contributed by atoms with E-state index in [1.807, 2.05) is 18.3 Å². The zero-order chi connectivity index (χ0) is 14.1. The van der Waals surface area contributed by atoms with Gasteiger partial charge >= 0.3 is 0 Å². The summed E-state index contributed by atoms with van der Waals surface area (Å²) >= 11 is 0. The van der Waals surface area contributed by atoms with Crippen LogP contribution in [0.15, 0.2) is 30.5 Å². The fourth-order valence-corrected chi connectivity index (χ4v) is 2.97. The Hall–Kier alpha value is -1.81. The largest absolute Gasteiger partial charge is 0.497 e. The number of nitrogens with two attached hydrogens (primary N) is 1. The molecule has 0 unspecified atom stereocenters. The van der Waals surface area contributed by atoms with E-state index < -0.39 is 0 Å². The summed E-state index contributed by atoms with van der Waals surface area (Å²) in [6.07, 6.45) is 4.12. The highest BCUT2D eigenvalue weighted by molar-refractivity contribution is 5.93. The van der Waals surface area contributed by atoms with Gasteiger partial charge in [-0.2, -0.15) is 0 Å². The molecule has 3 rings (SSSR count). The van der Waals surface area contributed by atoms with Crippen molar-refractivity contribution in [2.24, 2.45) is 11.7 Å². The average molecular weight is 271 g/mol. The summed E-state index contributed by atoms with van der Waals surface area (Å²) in [5.74, 6) is 2.57. The van der Waals surface area contributed by atoms with Crippen molar-refractivity contribution in [2.75, 3.05) is 25.6 Å². The number of hydrogen-bond donors (Lipinski definition) is 1. The van der Waals surface area contributed by atoms with Gasteiger partial charge in [0.05, 0.1) is 7.11 Å². The van der Waals surface area contributed by atoms with E-state index in [4.69, 9.17) is 10.5 Å². The molecule has 1 aromatic heterocycles. The normalized spacial score (nSPS) is 21.6. The van der Waals surface area contributed by atoms with Crippen LogP contribution in [0.2, 0.25) is 0 Å². The average Bonchev–Trinajstić information content (AvgIpc) is 2.44. The first-order chi connectivity index (χ1) is 9.67. The number of hydrogen-bond acceptors (Lipinski definition) is 4. The summed E-state index contributed by atoms with van der Waals surface area (Å²) in [6.45, 7) is 1.01. The third-order valence-electron chi connectivity index (χ3n) is 4.12. The lowest BCUT2D eigenvalue weighted by atomic mass is 9.80. The van der Waals surface area contributed by atoms with Crippen molar-refractivity contribution in [3.8, 4) is 5.75 Å². The molecular formula is C16H21N3O. The van der Waals surface area contributed by atoms with E-state index in [0.29, 0.717) is 12.0 Å². The molecule has 1 saturated carbocycles. The number of pyridine rings is 1. The van der Waals surface area contributed by atoms with Gasteiger partial charge in [0.2, 0.25) is 0 Å². The molecule has 2 aromatic rings. The highest BCUT2D eigenvalue weighted by atomic mass is 16.5. The first kappa shape index (κ1) is 13.2. The molecule has 1 fully saturated rings. The van der Waals surface area contributed by atoms with Crippen LogP contribution in [-0.4, -0.2) is 31.7 Å². The lowest BCUT2D eigenvalue weighted by Crippen LogP contribution is -2.42. The van der Waals surface area contributed by atoms with E-state index in [0.717, 1.165) is 36.3 Å². The lowest BCUT2D eigenvalue weighted by molar-refractivity contribution is 0.271. The van der Waals surface area contributed by atoms with E-state index in [1.165, 1.54) is 5.39 Å². The van der Waals surface area contributed by atoms with Crippen molar-refractivity contribution < 1.29 is 4.74 Å². The first-order valence-corrected chi connectivity index (χ1v) is 7.07. The van der Waals surface area contributed by atoms with Gasteiger partial charge in [0.25, 0.3) is 0 Å². The molecule has 4 heteroatoms. The van der Waals surface area contributed by atoms with Crippen LogP contribution in [0.5, 0.6) is 5.75 Å². The van der Waals surface area contributed by atoms with Crippen LogP contribution in [0.25, 0.3) is 10.8 Å². The molecule has 0 spiro atoms. The van der Waals surface area contributed by atoms with Crippen molar-refractivity contribution in [3.05, 3.63) is 30.5 Å². The van der Waals surface area contributed by atoms with E-state index in [1.54, 1.807) is 7.11 Å². The van der Waals surface area contributed by atoms with Gasteiger partial charge in [0.15, 0.2) is 0 Å². The number of nitrogens with zero attached hydrogens (tertiary/aromatic N) is 2. The van der Waals surface area contributed by atoms with E-state index in [-0.39, 0.29) is 0 Å². The number of benzene rings is 1. The second-order valence-corrected chi connectivity index (χ2v) is 5.70. The van der Waals surface area contributed by atoms with Crippen molar-refractivity contribution in [2.45, 2.75) is 18.9 Å². The van der Waals surface area contributed by atoms with Crippen LogP contribution in [0, 0.1) is 5.92 Å². The van der Waals surface area contributed by atoms with Gasteiger partial charge in [-0.25, -0.2) is 4.98 Å². The summed E-state index contributed by atoms with van der Waals surface area (Å²) in [6, 6.07) is 8.55. The maximum atomic E-state index is 5.86.